The topological polar surface area (TPSA) is 62.3 Å². The van der Waals surface area contributed by atoms with Crippen LogP contribution in [0.3, 0.4) is 0 Å². The van der Waals surface area contributed by atoms with Crippen molar-refractivity contribution in [1.82, 2.24) is 15.2 Å². The molecule has 92 valence electrons. The fourth-order valence-electron chi connectivity index (χ4n) is 1.90. The second-order valence-electron chi connectivity index (χ2n) is 4.26. The van der Waals surface area contributed by atoms with Crippen molar-refractivity contribution in [2.45, 2.75) is 38.9 Å². The van der Waals surface area contributed by atoms with Crippen molar-refractivity contribution in [2.75, 3.05) is 0 Å². The lowest BCUT2D eigenvalue weighted by molar-refractivity contribution is -0.140. The van der Waals surface area contributed by atoms with Crippen molar-refractivity contribution >= 4 is 23.2 Å². The summed E-state index contributed by atoms with van der Waals surface area (Å²) >= 11 is 1.53. The van der Waals surface area contributed by atoms with E-state index in [4.69, 9.17) is 0 Å². The van der Waals surface area contributed by atoms with Crippen molar-refractivity contribution < 1.29 is 9.59 Å². The van der Waals surface area contributed by atoms with Crippen molar-refractivity contribution in [3.63, 3.8) is 0 Å². The van der Waals surface area contributed by atoms with E-state index in [0.717, 1.165) is 5.01 Å². The molecular formula is C11H15N3O2S. The summed E-state index contributed by atoms with van der Waals surface area (Å²) in [4.78, 5) is 29.0. The first-order chi connectivity index (χ1) is 8.09. The molecule has 0 bridgehead atoms. The minimum atomic E-state index is -0.395. The number of nitrogens with one attached hydrogen (secondary N) is 1. The summed E-state index contributed by atoms with van der Waals surface area (Å²) in [6.07, 6.45) is 1.98. The molecule has 1 saturated heterocycles. The largest absolute Gasteiger partial charge is 0.299 e. The quantitative estimate of drug-likeness (QED) is 0.805. The van der Waals surface area contributed by atoms with Gasteiger partial charge in [-0.15, -0.1) is 11.3 Å². The molecule has 0 aliphatic carbocycles. The highest BCUT2D eigenvalue weighted by Crippen LogP contribution is 2.16. The molecule has 1 aromatic rings. The van der Waals surface area contributed by atoms with E-state index in [1.807, 2.05) is 19.2 Å². The summed E-state index contributed by atoms with van der Waals surface area (Å²) in [7, 11) is 0. The molecule has 5 nitrogen and oxygen atoms in total. The summed E-state index contributed by atoms with van der Waals surface area (Å²) in [6, 6.07) is -0.463. The maximum atomic E-state index is 11.9. The number of carbonyl (C=O) groups excluding carboxylic acids is 2. The summed E-state index contributed by atoms with van der Waals surface area (Å²) in [6.45, 7) is 4.23. The number of hydrogen-bond donors (Lipinski definition) is 1. The Labute approximate surface area is 104 Å². The molecule has 1 aliphatic rings. The van der Waals surface area contributed by atoms with Crippen LogP contribution in [0.1, 0.15) is 25.3 Å². The summed E-state index contributed by atoms with van der Waals surface area (Å²) in [5.74, 6) is -0.219. The van der Waals surface area contributed by atoms with Gasteiger partial charge in [0.2, 0.25) is 11.8 Å². The fourth-order valence-corrected chi connectivity index (χ4v) is 2.47. The van der Waals surface area contributed by atoms with Crippen LogP contribution in [0.2, 0.25) is 0 Å². The zero-order valence-corrected chi connectivity index (χ0v) is 10.7. The lowest BCUT2D eigenvalue weighted by atomic mass is 10.2. The Morgan fingerprint density at radius 2 is 2.35 bits per heavy atom. The molecule has 2 rings (SSSR count). The molecule has 0 spiro atoms. The molecule has 0 radical (unpaired) electrons. The van der Waals surface area contributed by atoms with E-state index in [2.05, 4.69) is 10.3 Å². The number of carbonyl (C=O) groups is 2. The van der Waals surface area contributed by atoms with Gasteiger partial charge < -0.3 is 0 Å². The van der Waals surface area contributed by atoms with E-state index in [0.29, 0.717) is 6.54 Å². The van der Waals surface area contributed by atoms with Gasteiger partial charge in [-0.3, -0.25) is 19.8 Å². The molecule has 17 heavy (non-hydrogen) atoms. The monoisotopic (exact) mass is 253 g/mol. The number of thiazole rings is 1. The van der Waals surface area contributed by atoms with E-state index in [1.165, 1.54) is 16.2 Å². The summed E-state index contributed by atoms with van der Waals surface area (Å²) < 4.78 is 0. The molecule has 0 saturated carbocycles. The molecular weight excluding hydrogens is 238 g/mol. The van der Waals surface area contributed by atoms with Gasteiger partial charge in [0, 0.05) is 24.2 Å². The zero-order chi connectivity index (χ0) is 12.4. The normalized spacial score (nSPS) is 20.6. The number of imide groups is 1. The molecule has 2 heterocycles. The number of nitrogens with zero attached hydrogens (tertiary/aromatic N) is 2. The maximum Gasteiger partial charge on any atom is 0.247 e. The van der Waals surface area contributed by atoms with E-state index < -0.39 is 6.04 Å². The first-order valence-electron chi connectivity index (χ1n) is 5.57. The van der Waals surface area contributed by atoms with Crippen LogP contribution in [0.25, 0.3) is 0 Å². The summed E-state index contributed by atoms with van der Waals surface area (Å²) in [5, 5.41) is 5.90. The lowest BCUT2D eigenvalue weighted by Crippen LogP contribution is -2.41. The number of amides is 2. The second kappa shape index (κ2) is 4.93. The van der Waals surface area contributed by atoms with Gasteiger partial charge in [-0.1, -0.05) is 0 Å². The van der Waals surface area contributed by atoms with Gasteiger partial charge >= 0.3 is 0 Å². The third kappa shape index (κ3) is 2.53. The van der Waals surface area contributed by atoms with Crippen LogP contribution in [0.15, 0.2) is 11.6 Å². The van der Waals surface area contributed by atoms with E-state index >= 15 is 0 Å². The highest BCUT2D eigenvalue weighted by Gasteiger charge is 2.39. The molecule has 1 fully saturated rings. The van der Waals surface area contributed by atoms with Gasteiger partial charge in [0.25, 0.3) is 0 Å². The first kappa shape index (κ1) is 12.2. The average molecular weight is 253 g/mol. The van der Waals surface area contributed by atoms with Gasteiger partial charge in [0.15, 0.2) is 0 Å². The standard InChI is InChI=1S/C11H15N3O2S/c1-7(2)14-10(15)5-8(11(14)16)13-6-9-12-3-4-17-9/h3-4,7-8,13H,5-6H2,1-2H3. The van der Waals surface area contributed by atoms with Crippen LogP contribution in [-0.2, 0) is 16.1 Å². The number of hydrogen-bond acceptors (Lipinski definition) is 5. The Hall–Kier alpha value is -1.27. The van der Waals surface area contributed by atoms with Crippen LogP contribution in [0, 0.1) is 0 Å². The molecule has 1 aliphatic heterocycles. The van der Waals surface area contributed by atoms with E-state index in [9.17, 15) is 9.59 Å². The van der Waals surface area contributed by atoms with E-state index in [-0.39, 0.29) is 24.3 Å². The molecule has 1 atom stereocenters. The maximum absolute atomic E-state index is 11.9. The minimum Gasteiger partial charge on any atom is -0.299 e. The zero-order valence-electron chi connectivity index (χ0n) is 9.84. The highest BCUT2D eigenvalue weighted by atomic mass is 32.1. The molecule has 1 N–H and O–H groups in total. The van der Waals surface area contributed by atoms with Crippen LogP contribution < -0.4 is 5.32 Å². The third-order valence-corrected chi connectivity index (χ3v) is 3.46. The highest BCUT2D eigenvalue weighted by molar-refractivity contribution is 7.09. The summed E-state index contributed by atoms with van der Waals surface area (Å²) in [5.41, 5.74) is 0. The third-order valence-electron chi connectivity index (χ3n) is 2.68. The van der Waals surface area contributed by atoms with Gasteiger partial charge in [-0.25, -0.2) is 4.98 Å². The Kier molecular flexibility index (Phi) is 3.54. The number of rotatable bonds is 4. The van der Waals surface area contributed by atoms with Crippen LogP contribution in [0.4, 0.5) is 0 Å². The Balaban J connectivity index is 1.95. The SMILES string of the molecule is CC(C)N1C(=O)CC(NCc2nccs2)C1=O. The Morgan fingerprint density at radius 3 is 2.88 bits per heavy atom. The molecule has 0 aromatic carbocycles. The van der Waals surface area contributed by atoms with Crippen LogP contribution in [0.5, 0.6) is 0 Å². The minimum absolute atomic E-state index is 0.0679. The smallest absolute Gasteiger partial charge is 0.247 e. The van der Waals surface area contributed by atoms with Crippen molar-refractivity contribution in [1.29, 1.82) is 0 Å². The second-order valence-corrected chi connectivity index (χ2v) is 5.24. The Morgan fingerprint density at radius 1 is 1.59 bits per heavy atom. The predicted molar refractivity (Wildman–Crippen MR) is 64.3 cm³/mol. The van der Waals surface area contributed by atoms with Gasteiger partial charge in [0.1, 0.15) is 5.01 Å². The van der Waals surface area contributed by atoms with Crippen LogP contribution in [-0.4, -0.2) is 33.8 Å². The van der Waals surface area contributed by atoms with Crippen molar-refractivity contribution in [3.8, 4) is 0 Å². The molecule has 6 heteroatoms. The predicted octanol–water partition coefficient (Wildman–Crippen LogP) is 0.769. The van der Waals surface area contributed by atoms with Crippen LogP contribution >= 0.6 is 11.3 Å². The lowest BCUT2D eigenvalue weighted by Gasteiger charge is -2.19. The molecule has 1 unspecified atom stereocenters. The average Bonchev–Trinajstić information content (AvgIpc) is 2.84. The van der Waals surface area contributed by atoms with Crippen molar-refractivity contribution in [3.05, 3.63) is 16.6 Å². The fraction of sp³-hybridized carbons (Fsp3) is 0.545. The van der Waals surface area contributed by atoms with Gasteiger partial charge in [-0.2, -0.15) is 0 Å². The number of aromatic nitrogens is 1. The van der Waals surface area contributed by atoms with Crippen molar-refractivity contribution in [2.24, 2.45) is 0 Å². The molecule has 2 amide bonds. The van der Waals surface area contributed by atoms with Gasteiger partial charge in [0.05, 0.1) is 12.5 Å². The molecule has 1 aromatic heterocycles. The van der Waals surface area contributed by atoms with Gasteiger partial charge in [-0.05, 0) is 13.8 Å². The Bertz CT molecular complexity index is 416. The van der Waals surface area contributed by atoms with E-state index in [1.54, 1.807) is 6.20 Å². The first-order valence-corrected chi connectivity index (χ1v) is 6.45. The number of likely N-dealkylation sites (tertiary alicyclic amines) is 1.